The Morgan fingerprint density at radius 2 is 2.30 bits per heavy atom. The minimum Gasteiger partial charge on any atom is -0.481 e. The van der Waals surface area contributed by atoms with Crippen LogP contribution in [0.2, 0.25) is 0 Å². The van der Waals surface area contributed by atoms with Crippen molar-refractivity contribution in [3.05, 3.63) is 22.9 Å². The number of hydrogen-bond acceptors (Lipinski definition) is 2. The van der Waals surface area contributed by atoms with Crippen LogP contribution >= 0.6 is 31.9 Å². The molecule has 0 spiro atoms. The molecular weight excluding hydrogens is 262 g/mol. The molecule has 0 aliphatic carbocycles. The van der Waals surface area contributed by atoms with E-state index in [4.69, 9.17) is 4.74 Å². The second-order valence-corrected chi connectivity index (χ2v) is 2.97. The van der Waals surface area contributed by atoms with Gasteiger partial charge in [-0.05, 0) is 37.9 Å². The van der Waals surface area contributed by atoms with Crippen molar-refractivity contribution < 1.29 is 4.74 Å². The lowest BCUT2D eigenvalue weighted by atomic mass is 10.5. The van der Waals surface area contributed by atoms with E-state index >= 15 is 0 Å². The highest BCUT2D eigenvalue weighted by molar-refractivity contribution is 9.10. The maximum absolute atomic E-state index is 5.11. The molecule has 0 aliphatic heterocycles. The van der Waals surface area contributed by atoms with Gasteiger partial charge in [-0.25, -0.2) is 0 Å². The SMILES string of the molecule is BrCOc1cncc(Br)c1. The topological polar surface area (TPSA) is 22.1 Å². The Bertz CT molecular complexity index is 217. The molecule has 1 rings (SSSR count). The van der Waals surface area contributed by atoms with E-state index in [2.05, 4.69) is 36.8 Å². The van der Waals surface area contributed by atoms with E-state index in [1.165, 1.54) is 0 Å². The van der Waals surface area contributed by atoms with Gasteiger partial charge < -0.3 is 4.74 Å². The average Bonchev–Trinajstić information content (AvgIpc) is 1.88. The highest BCUT2D eigenvalue weighted by Gasteiger charge is 1.91. The van der Waals surface area contributed by atoms with E-state index in [-0.39, 0.29) is 0 Å². The molecule has 1 aromatic rings. The lowest BCUT2D eigenvalue weighted by molar-refractivity contribution is 0.396. The first-order valence-electron chi connectivity index (χ1n) is 2.62. The molecule has 1 heterocycles. The maximum Gasteiger partial charge on any atom is 0.143 e. The Labute approximate surface area is 75.9 Å². The van der Waals surface area contributed by atoms with Gasteiger partial charge in [-0.1, -0.05) is 0 Å². The molecule has 2 nitrogen and oxygen atoms in total. The van der Waals surface area contributed by atoms with Crippen molar-refractivity contribution in [1.29, 1.82) is 0 Å². The molecule has 0 radical (unpaired) electrons. The van der Waals surface area contributed by atoms with Crippen LogP contribution in [-0.2, 0) is 0 Å². The van der Waals surface area contributed by atoms with Gasteiger partial charge in [-0.2, -0.15) is 0 Å². The van der Waals surface area contributed by atoms with Gasteiger partial charge in [0, 0.05) is 10.7 Å². The molecule has 0 aromatic carbocycles. The van der Waals surface area contributed by atoms with E-state index in [1.54, 1.807) is 12.4 Å². The molecule has 0 aliphatic rings. The van der Waals surface area contributed by atoms with Crippen molar-refractivity contribution in [3.63, 3.8) is 0 Å². The zero-order valence-corrected chi connectivity index (χ0v) is 8.22. The standard InChI is InChI=1S/C6H5Br2NO/c7-4-10-6-1-5(8)2-9-3-6/h1-3H,4H2. The van der Waals surface area contributed by atoms with E-state index < -0.39 is 0 Å². The van der Waals surface area contributed by atoms with Crippen LogP contribution in [0.25, 0.3) is 0 Å². The predicted octanol–water partition coefficient (Wildman–Crippen LogP) is 2.58. The summed E-state index contributed by atoms with van der Waals surface area (Å²) in [5.41, 5.74) is 0.491. The normalized spacial score (nSPS) is 9.40. The van der Waals surface area contributed by atoms with Gasteiger partial charge in [0.25, 0.3) is 0 Å². The van der Waals surface area contributed by atoms with Crippen LogP contribution in [0, 0.1) is 0 Å². The summed E-state index contributed by atoms with van der Waals surface area (Å²) < 4.78 is 6.03. The van der Waals surface area contributed by atoms with Crippen LogP contribution in [0.4, 0.5) is 0 Å². The van der Waals surface area contributed by atoms with Crippen molar-refractivity contribution in [2.45, 2.75) is 0 Å². The first kappa shape index (κ1) is 8.01. The summed E-state index contributed by atoms with van der Waals surface area (Å²) in [6.07, 6.45) is 3.37. The highest BCUT2D eigenvalue weighted by Crippen LogP contribution is 2.15. The minimum atomic E-state index is 0.491. The van der Waals surface area contributed by atoms with Gasteiger partial charge in [0.1, 0.15) is 11.3 Å². The van der Waals surface area contributed by atoms with Gasteiger partial charge in [0.05, 0.1) is 6.20 Å². The lowest BCUT2D eigenvalue weighted by Crippen LogP contribution is -1.88. The number of alkyl halides is 1. The van der Waals surface area contributed by atoms with Gasteiger partial charge in [0.15, 0.2) is 0 Å². The van der Waals surface area contributed by atoms with Gasteiger partial charge in [0.2, 0.25) is 0 Å². The molecule has 0 fully saturated rings. The molecule has 4 heteroatoms. The predicted molar refractivity (Wildman–Crippen MR) is 46.4 cm³/mol. The number of pyridine rings is 1. The monoisotopic (exact) mass is 265 g/mol. The fourth-order valence-electron chi connectivity index (χ4n) is 0.534. The maximum atomic E-state index is 5.11. The van der Waals surface area contributed by atoms with Crippen LogP contribution in [-0.4, -0.2) is 10.5 Å². The Morgan fingerprint density at radius 1 is 1.50 bits per heavy atom. The molecule has 0 saturated heterocycles. The van der Waals surface area contributed by atoms with E-state index in [1.807, 2.05) is 6.07 Å². The summed E-state index contributed by atoms with van der Waals surface area (Å²) in [4.78, 5) is 3.91. The number of rotatable bonds is 2. The Hall–Kier alpha value is -0.0900. The zero-order chi connectivity index (χ0) is 7.40. The summed E-state index contributed by atoms with van der Waals surface area (Å²) in [5.74, 6) is 0.756. The summed E-state index contributed by atoms with van der Waals surface area (Å²) >= 11 is 6.42. The molecule has 54 valence electrons. The number of aromatic nitrogens is 1. The van der Waals surface area contributed by atoms with Crippen LogP contribution < -0.4 is 4.74 Å². The molecule has 10 heavy (non-hydrogen) atoms. The third kappa shape index (κ3) is 2.27. The smallest absolute Gasteiger partial charge is 0.143 e. The lowest BCUT2D eigenvalue weighted by Gasteiger charge is -1.99. The zero-order valence-electron chi connectivity index (χ0n) is 5.05. The highest BCUT2D eigenvalue weighted by atomic mass is 79.9. The second kappa shape index (κ2) is 3.93. The van der Waals surface area contributed by atoms with Crippen LogP contribution in [0.3, 0.4) is 0 Å². The number of halogens is 2. The van der Waals surface area contributed by atoms with Crippen LogP contribution in [0.5, 0.6) is 5.75 Å². The Balaban J connectivity index is 2.75. The molecule has 1 aromatic heterocycles. The molecule has 0 N–H and O–H groups in total. The van der Waals surface area contributed by atoms with Gasteiger partial charge in [-0.15, -0.1) is 0 Å². The van der Waals surface area contributed by atoms with Gasteiger partial charge >= 0.3 is 0 Å². The molecule has 0 bridgehead atoms. The second-order valence-electron chi connectivity index (χ2n) is 1.59. The van der Waals surface area contributed by atoms with Crippen molar-refractivity contribution in [2.75, 3.05) is 5.52 Å². The number of hydrogen-bond donors (Lipinski definition) is 0. The first-order chi connectivity index (χ1) is 4.83. The van der Waals surface area contributed by atoms with E-state index in [0.717, 1.165) is 10.2 Å². The van der Waals surface area contributed by atoms with Crippen LogP contribution in [0.1, 0.15) is 0 Å². The fourth-order valence-corrected chi connectivity index (χ4v) is 1.14. The molecule has 0 unspecified atom stereocenters. The van der Waals surface area contributed by atoms with E-state index in [0.29, 0.717) is 5.52 Å². The molecule has 0 amide bonds. The van der Waals surface area contributed by atoms with Crippen LogP contribution in [0.15, 0.2) is 22.9 Å². The van der Waals surface area contributed by atoms with Crippen molar-refractivity contribution in [3.8, 4) is 5.75 Å². The molecular formula is C6H5Br2NO. The Morgan fingerprint density at radius 3 is 2.90 bits per heavy atom. The van der Waals surface area contributed by atoms with Crippen molar-refractivity contribution in [2.24, 2.45) is 0 Å². The third-order valence-electron chi connectivity index (χ3n) is 0.901. The van der Waals surface area contributed by atoms with Crippen molar-refractivity contribution >= 4 is 31.9 Å². The average molecular weight is 267 g/mol. The van der Waals surface area contributed by atoms with E-state index in [9.17, 15) is 0 Å². The summed E-state index contributed by atoms with van der Waals surface area (Å²) in [6.45, 7) is 0. The fraction of sp³-hybridized carbons (Fsp3) is 0.167. The summed E-state index contributed by atoms with van der Waals surface area (Å²) in [5, 5.41) is 0. The summed E-state index contributed by atoms with van der Waals surface area (Å²) in [7, 11) is 0. The number of nitrogens with zero attached hydrogens (tertiary/aromatic N) is 1. The first-order valence-corrected chi connectivity index (χ1v) is 4.53. The van der Waals surface area contributed by atoms with Crippen molar-refractivity contribution in [1.82, 2.24) is 4.98 Å². The van der Waals surface area contributed by atoms with Gasteiger partial charge in [-0.3, -0.25) is 4.98 Å². The minimum absolute atomic E-state index is 0.491. The largest absolute Gasteiger partial charge is 0.481 e. The quantitative estimate of drug-likeness (QED) is 0.768. The third-order valence-corrected chi connectivity index (χ3v) is 1.56. The summed E-state index contributed by atoms with van der Waals surface area (Å²) in [6, 6.07) is 1.86. The Kier molecular flexibility index (Phi) is 3.15. The molecule has 0 saturated carbocycles. The molecule has 0 atom stereocenters. The number of ether oxygens (including phenoxy) is 1.